The van der Waals surface area contributed by atoms with Gasteiger partial charge in [0.25, 0.3) is 0 Å². The Morgan fingerprint density at radius 3 is 2.00 bits per heavy atom. The van der Waals surface area contributed by atoms with Gasteiger partial charge in [0.15, 0.2) is 0 Å². The van der Waals surface area contributed by atoms with Crippen molar-refractivity contribution in [2.45, 2.75) is 77.0 Å². The lowest BCUT2D eigenvalue weighted by Crippen LogP contribution is -2.62. The largest absolute Gasteiger partial charge is 0.373 e. The highest BCUT2D eigenvalue weighted by Gasteiger charge is 2.36. The first-order valence-corrected chi connectivity index (χ1v) is 9.26. The molecule has 2 rings (SSSR count). The van der Waals surface area contributed by atoms with Crippen molar-refractivity contribution in [3.63, 3.8) is 0 Å². The van der Waals surface area contributed by atoms with Gasteiger partial charge in [-0.2, -0.15) is 0 Å². The molecule has 5 nitrogen and oxygen atoms in total. The fourth-order valence-corrected chi connectivity index (χ4v) is 3.72. The van der Waals surface area contributed by atoms with Gasteiger partial charge >= 0.3 is 0 Å². The molecule has 2 aliphatic rings. The summed E-state index contributed by atoms with van der Waals surface area (Å²) in [5.41, 5.74) is 6.09. The van der Waals surface area contributed by atoms with Crippen LogP contribution in [-0.2, 0) is 9.47 Å². The number of hydrogen-bond donors (Lipinski definition) is 1. The van der Waals surface area contributed by atoms with Gasteiger partial charge in [-0.1, -0.05) is 13.8 Å². The molecule has 135 valence electrons. The zero-order valence-corrected chi connectivity index (χ0v) is 15.5. The van der Waals surface area contributed by atoms with Crippen molar-refractivity contribution in [1.82, 2.24) is 9.80 Å². The van der Waals surface area contributed by atoms with E-state index in [1.165, 1.54) is 0 Å². The molecular weight excluding hydrogens is 290 g/mol. The van der Waals surface area contributed by atoms with Crippen molar-refractivity contribution in [2.75, 3.05) is 32.7 Å². The Morgan fingerprint density at radius 1 is 1.00 bits per heavy atom. The molecule has 5 atom stereocenters. The van der Waals surface area contributed by atoms with E-state index in [2.05, 4.69) is 44.4 Å². The zero-order valence-electron chi connectivity index (χ0n) is 15.5. The number of nitrogens with zero attached hydrogens (tertiary/aromatic N) is 2. The Balaban J connectivity index is 1.89. The molecule has 2 N–H and O–H groups in total. The Hall–Kier alpha value is -0.200. The Labute approximate surface area is 142 Å². The van der Waals surface area contributed by atoms with Crippen molar-refractivity contribution in [2.24, 2.45) is 5.73 Å². The number of morpholine rings is 2. The van der Waals surface area contributed by atoms with Crippen LogP contribution in [0.5, 0.6) is 0 Å². The molecule has 1 radical (unpaired) electrons. The molecule has 2 fully saturated rings. The van der Waals surface area contributed by atoms with Gasteiger partial charge < -0.3 is 15.2 Å². The average molecular weight is 327 g/mol. The third-order valence-electron chi connectivity index (χ3n) is 5.13. The Kier molecular flexibility index (Phi) is 6.87. The number of rotatable bonds is 6. The summed E-state index contributed by atoms with van der Waals surface area (Å²) in [6.07, 6.45) is 4.09. The minimum absolute atomic E-state index is 0.279. The average Bonchev–Trinajstić information content (AvgIpc) is 2.51. The van der Waals surface area contributed by atoms with Gasteiger partial charge in [0, 0.05) is 32.7 Å². The first-order chi connectivity index (χ1) is 10.8. The summed E-state index contributed by atoms with van der Waals surface area (Å²) in [7, 11) is 0. The predicted molar refractivity (Wildman–Crippen MR) is 94.2 cm³/mol. The number of nitrogens with two attached hydrogens (primary N) is 1. The van der Waals surface area contributed by atoms with Crippen LogP contribution in [0.25, 0.3) is 0 Å². The summed E-state index contributed by atoms with van der Waals surface area (Å²) < 4.78 is 11.9. The van der Waals surface area contributed by atoms with Crippen molar-refractivity contribution in [3.05, 3.63) is 6.92 Å². The molecule has 0 saturated carbocycles. The molecule has 23 heavy (non-hydrogen) atoms. The molecule has 0 amide bonds. The lowest BCUT2D eigenvalue weighted by molar-refractivity contribution is -0.114. The van der Waals surface area contributed by atoms with Crippen LogP contribution in [0.2, 0.25) is 0 Å². The van der Waals surface area contributed by atoms with Crippen molar-refractivity contribution in [1.29, 1.82) is 0 Å². The third-order valence-corrected chi connectivity index (χ3v) is 5.13. The maximum absolute atomic E-state index is 6.61. The number of ether oxygens (including phenoxy) is 2. The van der Waals surface area contributed by atoms with E-state index in [4.69, 9.17) is 15.2 Å². The molecule has 0 aromatic heterocycles. The van der Waals surface area contributed by atoms with Gasteiger partial charge in [0.05, 0.1) is 30.1 Å². The van der Waals surface area contributed by atoms with Crippen molar-refractivity contribution >= 4 is 0 Å². The van der Waals surface area contributed by atoms with Gasteiger partial charge in [-0.15, -0.1) is 0 Å². The minimum Gasteiger partial charge on any atom is -0.373 e. The standard InChI is InChI=1S/C18H36N3O2/c1-6-16-12-21(13-17(7-2)23-16)18(5,19)8-9-20-10-14(3)22-15(4)11-20/h14-17H,5-13,19H2,1-4H3. The molecule has 0 aromatic rings. The summed E-state index contributed by atoms with van der Waals surface area (Å²) in [5, 5.41) is 0. The van der Waals surface area contributed by atoms with Crippen LogP contribution in [0.1, 0.15) is 47.0 Å². The fourth-order valence-electron chi connectivity index (χ4n) is 3.72. The van der Waals surface area contributed by atoms with E-state index in [1.807, 2.05) is 0 Å². The molecule has 0 spiro atoms. The molecule has 2 aliphatic heterocycles. The Morgan fingerprint density at radius 2 is 1.52 bits per heavy atom. The van der Waals surface area contributed by atoms with Crippen molar-refractivity contribution < 1.29 is 9.47 Å². The molecule has 2 heterocycles. The second-order valence-corrected chi connectivity index (χ2v) is 7.47. The molecule has 0 aromatic carbocycles. The van der Waals surface area contributed by atoms with E-state index >= 15 is 0 Å². The van der Waals surface area contributed by atoms with Crippen LogP contribution in [0, 0.1) is 6.92 Å². The van der Waals surface area contributed by atoms with Crippen LogP contribution in [0.4, 0.5) is 0 Å². The topological polar surface area (TPSA) is 51.0 Å². The first-order valence-electron chi connectivity index (χ1n) is 9.26. The fraction of sp³-hybridized carbons (Fsp3) is 0.944. The van der Waals surface area contributed by atoms with Gasteiger partial charge in [-0.25, -0.2) is 0 Å². The summed E-state index contributed by atoms with van der Waals surface area (Å²) >= 11 is 0. The molecule has 0 aliphatic carbocycles. The van der Waals surface area contributed by atoms with Crippen LogP contribution >= 0.6 is 0 Å². The van der Waals surface area contributed by atoms with Crippen LogP contribution in [-0.4, -0.2) is 72.6 Å². The highest BCUT2D eigenvalue weighted by molar-refractivity contribution is 4.93. The maximum atomic E-state index is 6.61. The second-order valence-electron chi connectivity index (χ2n) is 7.47. The summed E-state index contributed by atoms with van der Waals surface area (Å²) in [6.45, 7) is 17.7. The summed E-state index contributed by atoms with van der Waals surface area (Å²) in [4.78, 5) is 4.80. The molecule has 5 unspecified atom stereocenters. The molecule has 0 bridgehead atoms. The van der Waals surface area contributed by atoms with Gasteiger partial charge in [-0.3, -0.25) is 9.80 Å². The lowest BCUT2D eigenvalue weighted by Gasteiger charge is -2.47. The molecule has 5 heteroatoms. The molecular formula is C18H36N3O2. The summed E-state index contributed by atoms with van der Waals surface area (Å²) in [5.74, 6) is 0. The van der Waals surface area contributed by atoms with E-state index in [9.17, 15) is 0 Å². The first kappa shape index (κ1) is 19.1. The Bertz CT molecular complexity index is 342. The molecule has 2 saturated heterocycles. The van der Waals surface area contributed by atoms with E-state index in [1.54, 1.807) is 0 Å². The lowest BCUT2D eigenvalue weighted by atomic mass is 10.0. The van der Waals surface area contributed by atoms with E-state index in [0.29, 0.717) is 12.2 Å². The van der Waals surface area contributed by atoms with E-state index < -0.39 is 5.66 Å². The van der Waals surface area contributed by atoms with Crippen molar-refractivity contribution in [3.8, 4) is 0 Å². The highest BCUT2D eigenvalue weighted by atomic mass is 16.5. The van der Waals surface area contributed by atoms with Crippen LogP contribution in [0.3, 0.4) is 0 Å². The smallest absolute Gasteiger partial charge is 0.0704 e. The highest BCUT2D eigenvalue weighted by Crippen LogP contribution is 2.23. The number of hydrogen-bond acceptors (Lipinski definition) is 5. The van der Waals surface area contributed by atoms with Gasteiger partial charge in [0.2, 0.25) is 0 Å². The summed E-state index contributed by atoms with van der Waals surface area (Å²) in [6, 6.07) is 0. The second kappa shape index (κ2) is 8.26. The quantitative estimate of drug-likeness (QED) is 0.807. The third kappa shape index (κ3) is 5.40. The normalized spacial score (nSPS) is 36.8. The van der Waals surface area contributed by atoms with Gasteiger partial charge in [-0.05, 0) is 40.0 Å². The van der Waals surface area contributed by atoms with Gasteiger partial charge in [0.1, 0.15) is 0 Å². The SMILES string of the molecule is [CH2]C(N)(CCN1CC(C)OC(C)C1)N1CC(CC)OC(CC)C1. The van der Waals surface area contributed by atoms with Crippen LogP contribution < -0.4 is 5.73 Å². The van der Waals surface area contributed by atoms with Crippen LogP contribution in [0.15, 0.2) is 0 Å². The van der Waals surface area contributed by atoms with E-state index in [-0.39, 0.29) is 12.2 Å². The van der Waals surface area contributed by atoms with E-state index in [0.717, 1.165) is 52.0 Å². The zero-order chi connectivity index (χ0) is 17.0. The minimum atomic E-state index is -0.518. The predicted octanol–water partition coefficient (Wildman–Crippen LogP) is 1.86. The monoisotopic (exact) mass is 326 g/mol. The maximum Gasteiger partial charge on any atom is 0.0704 e.